The average molecular weight is 474 g/mol. The standard InChI is InChI=1S/C27H27N3O3S/c1-2-34-21-11-6-17(7-12-21)15-28-27(33)19-10-13-23-22(14-19)29-26(18-8-9-18)30(23)16-20-4-3-5-24(31)25(20)32/h3-7,10-14,18,31-32H,2,8-9,15-16H2,1H3,(H,28,33). The first-order chi connectivity index (χ1) is 16.5. The van der Waals surface area contributed by atoms with Crippen molar-refractivity contribution in [2.24, 2.45) is 0 Å². The second-order valence-electron chi connectivity index (χ2n) is 8.58. The zero-order valence-electron chi connectivity index (χ0n) is 19.0. The number of hydrogen-bond acceptors (Lipinski definition) is 5. The summed E-state index contributed by atoms with van der Waals surface area (Å²) in [6.07, 6.45) is 2.16. The van der Waals surface area contributed by atoms with Crippen molar-refractivity contribution in [1.82, 2.24) is 14.9 Å². The predicted molar refractivity (Wildman–Crippen MR) is 135 cm³/mol. The van der Waals surface area contributed by atoms with Crippen LogP contribution in [-0.4, -0.2) is 31.4 Å². The Morgan fingerprint density at radius 3 is 2.65 bits per heavy atom. The van der Waals surface area contributed by atoms with Crippen molar-refractivity contribution in [3.8, 4) is 11.5 Å². The van der Waals surface area contributed by atoms with Crippen LogP contribution in [0.15, 0.2) is 65.6 Å². The topological polar surface area (TPSA) is 87.4 Å². The van der Waals surface area contributed by atoms with Crippen LogP contribution in [0.25, 0.3) is 11.0 Å². The van der Waals surface area contributed by atoms with Gasteiger partial charge in [0.05, 0.1) is 17.6 Å². The normalized spacial score (nSPS) is 13.3. The summed E-state index contributed by atoms with van der Waals surface area (Å²) in [6.45, 7) is 3.00. The lowest BCUT2D eigenvalue weighted by Gasteiger charge is -2.11. The van der Waals surface area contributed by atoms with Gasteiger partial charge in [-0.15, -0.1) is 11.8 Å². The maximum absolute atomic E-state index is 12.8. The number of amides is 1. The third-order valence-electron chi connectivity index (χ3n) is 6.10. The van der Waals surface area contributed by atoms with Gasteiger partial charge in [-0.2, -0.15) is 0 Å². The number of aromatic hydroxyl groups is 2. The Morgan fingerprint density at radius 2 is 1.91 bits per heavy atom. The number of fused-ring (bicyclic) bond motifs is 1. The molecule has 1 saturated carbocycles. The van der Waals surface area contributed by atoms with Gasteiger partial charge in [-0.25, -0.2) is 4.98 Å². The van der Waals surface area contributed by atoms with Crippen molar-refractivity contribution in [1.29, 1.82) is 0 Å². The Labute approximate surface area is 202 Å². The number of imidazole rings is 1. The molecule has 3 aromatic carbocycles. The fourth-order valence-electron chi connectivity index (χ4n) is 4.14. The van der Waals surface area contributed by atoms with E-state index in [1.165, 1.54) is 11.0 Å². The van der Waals surface area contributed by atoms with Gasteiger partial charge >= 0.3 is 0 Å². The first-order valence-electron chi connectivity index (χ1n) is 11.5. The lowest BCUT2D eigenvalue weighted by Crippen LogP contribution is -2.22. The number of benzene rings is 3. The molecule has 0 bridgehead atoms. The van der Waals surface area contributed by atoms with E-state index in [0.717, 1.165) is 41.0 Å². The average Bonchev–Trinajstić information content (AvgIpc) is 3.63. The summed E-state index contributed by atoms with van der Waals surface area (Å²) in [4.78, 5) is 18.9. The molecule has 5 rings (SSSR count). The van der Waals surface area contributed by atoms with E-state index in [9.17, 15) is 15.0 Å². The number of carbonyl (C=O) groups is 1. The largest absolute Gasteiger partial charge is 0.504 e. The SMILES string of the molecule is CCSc1ccc(CNC(=O)c2ccc3c(c2)nc(C2CC2)n3Cc2cccc(O)c2O)cc1. The second-order valence-corrected chi connectivity index (χ2v) is 9.92. The molecular weight excluding hydrogens is 446 g/mol. The van der Waals surface area contributed by atoms with Crippen molar-refractivity contribution in [3.63, 3.8) is 0 Å². The number of rotatable bonds is 8. The highest BCUT2D eigenvalue weighted by Gasteiger charge is 2.30. The smallest absolute Gasteiger partial charge is 0.251 e. The lowest BCUT2D eigenvalue weighted by atomic mass is 10.1. The van der Waals surface area contributed by atoms with Crippen LogP contribution in [0, 0.1) is 0 Å². The van der Waals surface area contributed by atoms with E-state index in [-0.39, 0.29) is 17.4 Å². The van der Waals surface area contributed by atoms with Gasteiger partial charge in [0.15, 0.2) is 11.5 Å². The summed E-state index contributed by atoms with van der Waals surface area (Å²) < 4.78 is 2.08. The predicted octanol–water partition coefficient (Wildman–Crippen LogP) is 5.42. The Bertz CT molecular complexity index is 1340. The van der Waals surface area contributed by atoms with Crippen LogP contribution in [0.3, 0.4) is 0 Å². The van der Waals surface area contributed by atoms with Gasteiger partial charge in [0, 0.05) is 28.5 Å². The van der Waals surface area contributed by atoms with Crippen LogP contribution in [0.1, 0.15) is 53.0 Å². The molecule has 1 amide bonds. The molecule has 1 heterocycles. The van der Waals surface area contributed by atoms with E-state index >= 15 is 0 Å². The van der Waals surface area contributed by atoms with Crippen molar-refractivity contribution in [2.75, 3.05) is 5.75 Å². The van der Waals surface area contributed by atoms with Crippen LogP contribution >= 0.6 is 11.8 Å². The van der Waals surface area contributed by atoms with Crippen molar-refractivity contribution < 1.29 is 15.0 Å². The molecule has 34 heavy (non-hydrogen) atoms. The molecule has 0 atom stereocenters. The number of nitrogens with one attached hydrogen (secondary N) is 1. The Balaban J connectivity index is 1.37. The zero-order valence-corrected chi connectivity index (χ0v) is 19.8. The highest BCUT2D eigenvalue weighted by Crippen LogP contribution is 2.41. The molecule has 7 heteroatoms. The van der Waals surface area contributed by atoms with Gasteiger partial charge in [0.25, 0.3) is 5.91 Å². The lowest BCUT2D eigenvalue weighted by molar-refractivity contribution is 0.0951. The minimum absolute atomic E-state index is 0.108. The molecule has 0 aliphatic heterocycles. The molecule has 1 aliphatic rings. The van der Waals surface area contributed by atoms with E-state index < -0.39 is 0 Å². The van der Waals surface area contributed by atoms with E-state index in [1.807, 2.05) is 30.3 Å². The number of nitrogens with zero attached hydrogens (tertiary/aromatic N) is 2. The minimum Gasteiger partial charge on any atom is -0.504 e. The van der Waals surface area contributed by atoms with Crippen LogP contribution < -0.4 is 5.32 Å². The molecule has 0 spiro atoms. The number of carbonyl (C=O) groups excluding carboxylic acids is 1. The highest BCUT2D eigenvalue weighted by molar-refractivity contribution is 7.99. The number of para-hydroxylation sites is 1. The van der Waals surface area contributed by atoms with Crippen molar-refractivity contribution in [2.45, 2.75) is 43.7 Å². The van der Waals surface area contributed by atoms with Gasteiger partial charge in [0.2, 0.25) is 0 Å². The fourth-order valence-corrected chi connectivity index (χ4v) is 4.80. The number of phenols is 2. The number of aromatic nitrogens is 2. The Morgan fingerprint density at radius 1 is 1.12 bits per heavy atom. The highest BCUT2D eigenvalue weighted by atomic mass is 32.2. The second kappa shape index (κ2) is 9.43. The van der Waals surface area contributed by atoms with Gasteiger partial charge in [-0.1, -0.05) is 31.2 Å². The molecular formula is C27H27N3O3S. The van der Waals surface area contributed by atoms with Crippen molar-refractivity contribution in [3.05, 3.63) is 83.2 Å². The molecule has 0 radical (unpaired) electrons. The van der Waals surface area contributed by atoms with E-state index in [4.69, 9.17) is 4.98 Å². The maximum atomic E-state index is 12.8. The van der Waals surface area contributed by atoms with Gasteiger partial charge < -0.3 is 20.1 Å². The summed E-state index contributed by atoms with van der Waals surface area (Å²) >= 11 is 1.80. The van der Waals surface area contributed by atoms with Gasteiger partial charge in [-0.05, 0) is 60.6 Å². The van der Waals surface area contributed by atoms with Gasteiger partial charge in [-0.3, -0.25) is 4.79 Å². The molecule has 0 saturated heterocycles. The molecule has 1 aliphatic carbocycles. The first-order valence-corrected chi connectivity index (χ1v) is 12.5. The van der Waals surface area contributed by atoms with Gasteiger partial charge in [0.1, 0.15) is 5.82 Å². The molecule has 0 unspecified atom stereocenters. The van der Waals surface area contributed by atoms with Crippen molar-refractivity contribution >= 4 is 28.7 Å². The third kappa shape index (κ3) is 4.61. The Hall–Kier alpha value is -3.45. The number of thioether (sulfide) groups is 1. The summed E-state index contributed by atoms with van der Waals surface area (Å²) in [5, 5.41) is 23.2. The summed E-state index contributed by atoms with van der Waals surface area (Å²) in [7, 11) is 0. The zero-order chi connectivity index (χ0) is 23.7. The maximum Gasteiger partial charge on any atom is 0.251 e. The fraction of sp³-hybridized carbons (Fsp3) is 0.259. The van der Waals surface area contributed by atoms with Crippen LogP contribution in [-0.2, 0) is 13.1 Å². The number of phenolic OH excluding ortho intramolecular Hbond substituents is 2. The van der Waals surface area contributed by atoms with E-state index in [1.54, 1.807) is 23.9 Å². The molecule has 3 N–H and O–H groups in total. The molecule has 174 valence electrons. The monoisotopic (exact) mass is 473 g/mol. The van der Waals surface area contributed by atoms with Crippen LogP contribution in [0.5, 0.6) is 11.5 Å². The molecule has 4 aromatic rings. The first kappa shape index (κ1) is 22.3. The molecule has 1 aromatic heterocycles. The third-order valence-corrected chi connectivity index (χ3v) is 6.99. The van der Waals surface area contributed by atoms with Crippen LogP contribution in [0.2, 0.25) is 0 Å². The van der Waals surface area contributed by atoms with Crippen LogP contribution in [0.4, 0.5) is 0 Å². The Kier molecular flexibility index (Phi) is 6.20. The quantitative estimate of drug-likeness (QED) is 0.235. The summed E-state index contributed by atoms with van der Waals surface area (Å²) in [6, 6.07) is 18.8. The summed E-state index contributed by atoms with van der Waals surface area (Å²) in [5.74, 6) is 2.00. The van der Waals surface area contributed by atoms with E-state index in [0.29, 0.717) is 30.1 Å². The van der Waals surface area contributed by atoms with E-state index in [2.05, 4.69) is 28.9 Å². The molecule has 6 nitrogen and oxygen atoms in total. The molecule has 1 fully saturated rings. The number of hydrogen-bond donors (Lipinski definition) is 3. The summed E-state index contributed by atoms with van der Waals surface area (Å²) in [5.41, 5.74) is 3.92. The minimum atomic E-state index is -0.137.